The van der Waals surface area contributed by atoms with Crippen molar-refractivity contribution in [3.63, 3.8) is 0 Å². The molecule has 22 heavy (non-hydrogen) atoms. The van der Waals surface area contributed by atoms with E-state index in [4.69, 9.17) is 4.74 Å². The molecule has 110 valence electrons. The van der Waals surface area contributed by atoms with Crippen molar-refractivity contribution < 1.29 is 9.53 Å². The summed E-state index contributed by atoms with van der Waals surface area (Å²) in [7, 11) is 0. The summed E-state index contributed by atoms with van der Waals surface area (Å²) in [5, 5.41) is 0. The van der Waals surface area contributed by atoms with Gasteiger partial charge in [-0.25, -0.2) is 0 Å². The predicted octanol–water partition coefficient (Wildman–Crippen LogP) is 4.38. The van der Waals surface area contributed by atoms with Gasteiger partial charge < -0.3 is 4.74 Å². The lowest BCUT2D eigenvalue weighted by molar-refractivity contribution is -0.124. The Labute approximate surface area is 130 Å². The third-order valence-corrected chi connectivity index (χ3v) is 3.79. The largest absolute Gasteiger partial charge is 0.480 e. The summed E-state index contributed by atoms with van der Waals surface area (Å²) >= 11 is 0. The summed E-state index contributed by atoms with van der Waals surface area (Å²) < 4.78 is 5.77. The van der Waals surface area contributed by atoms with E-state index in [0.29, 0.717) is 5.76 Å². The van der Waals surface area contributed by atoms with Crippen LogP contribution in [0.5, 0.6) is 0 Å². The molecule has 2 nitrogen and oxygen atoms in total. The highest BCUT2D eigenvalue weighted by Gasteiger charge is 2.37. The molecule has 0 bridgehead atoms. The van der Waals surface area contributed by atoms with Crippen molar-refractivity contribution in [2.75, 3.05) is 0 Å². The molecular formula is C20H18O2. The van der Waals surface area contributed by atoms with Crippen LogP contribution < -0.4 is 0 Å². The Balaban J connectivity index is 2.11. The summed E-state index contributed by atoms with van der Waals surface area (Å²) in [4.78, 5) is 12.3. The minimum absolute atomic E-state index is 0.0191. The van der Waals surface area contributed by atoms with Crippen molar-refractivity contribution in [3.05, 3.63) is 89.7 Å². The average Bonchev–Trinajstić information content (AvgIpc) is 2.79. The quantitative estimate of drug-likeness (QED) is 0.838. The SMILES string of the molecule is CC1=CC(=O)C(C)(C=C(c2ccccc2)c2ccccc2)O1. The fraction of sp³-hybridized carbons (Fsp3) is 0.150. The fourth-order valence-electron chi connectivity index (χ4n) is 2.69. The van der Waals surface area contributed by atoms with Crippen LogP contribution >= 0.6 is 0 Å². The van der Waals surface area contributed by atoms with E-state index in [9.17, 15) is 4.79 Å². The molecule has 0 aliphatic carbocycles. The zero-order valence-electron chi connectivity index (χ0n) is 12.7. The van der Waals surface area contributed by atoms with E-state index in [2.05, 4.69) is 0 Å². The minimum atomic E-state index is -0.939. The van der Waals surface area contributed by atoms with Crippen LogP contribution in [0.3, 0.4) is 0 Å². The number of rotatable bonds is 3. The molecule has 0 radical (unpaired) electrons. The molecule has 2 heteroatoms. The smallest absolute Gasteiger partial charge is 0.206 e. The van der Waals surface area contributed by atoms with Gasteiger partial charge >= 0.3 is 0 Å². The first kappa shape index (κ1) is 14.3. The number of carbonyl (C=O) groups is 1. The fourth-order valence-corrected chi connectivity index (χ4v) is 2.69. The normalized spacial score (nSPS) is 20.3. The second-order valence-electron chi connectivity index (χ2n) is 5.62. The monoisotopic (exact) mass is 290 g/mol. The van der Waals surface area contributed by atoms with E-state index in [1.165, 1.54) is 0 Å². The zero-order chi connectivity index (χ0) is 15.6. The molecular weight excluding hydrogens is 272 g/mol. The van der Waals surface area contributed by atoms with Crippen LogP contribution in [-0.4, -0.2) is 11.4 Å². The van der Waals surface area contributed by atoms with Crippen molar-refractivity contribution in [1.29, 1.82) is 0 Å². The van der Waals surface area contributed by atoms with E-state index in [1.54, 1.807) is 6.08 Å². The number of ketones is 1. The maximum atomic E-state index is 12.3. The summed E-state index contributed by atoms with van der Waals surface area (Å²) in [6.45, 7) is 3.62. The van der Waals surface area contributed by atoms with Gasteiger partial charge in [0.15, 0.2) is 5.60 Å². The van der Waals surface area contributed by atoms with Crippen LogP contribution in [0.2, 0.25) is 0 Å². The standard InChI is InChI=1S/C20H18O2/c1-15-13-19(21)20(2,22-15)14-18(16-9-5-3-6-10-16)17-11-7-4-8-12-17/h3-14H,1-2H3. The number of hydrogen-bond donors (Lipinski definition) is 0. The Morgan fingerprint density at radius 1 is 0.955 bits per heavy atom. The third-order valence-electron chi connectivity index (χ3n) is 3.79. The molecule has 1 aliphatic heterocycles. The van der Waals surface area contributed by atoms with Gasteiger partial charge in [0.1, 0.15) is 0 Å². The highest BCUT2D eigenvalue weighted by Crippen LogP contribution is 2.32. The number of hydrogen-bond acceptors (Lipinski definition) is 2. The minimum Gasteiger partial charge on any atom is -0.480 e. The molecule has 2 aromatic rings. The number of benzene rings is 2. The van der Waals surface area contributed by atoms with Gasteiger partial charge in [0.25, 0.3) is 0 Å². The maximum Gasteiger partial charge on any atom is 0.206 e. The Morgan fingerprint density at radius 3 is 1.86 bits per heavy atom. The summed E-state index contributed by atoms with van der Waals surface area (Å²) in [5.41, 5.74) is 2.19. The maximum absolute atomic E-state index is 12.3. The second kappa shape index (κ2) is 5.64. The molecule has 0 saturated heterocycles. The first-order valence-corrected chi connectivity index (χ1v) is 7.34. The van der Waals surface area contributed by atoms with Crippen LogP contribution in [0, 0.1) is 0 Å². The highest BCUT2D eigenvalue weighted by atomic mass is 16.5. The van der Waals surface area contributed by atoms with Crippen molar-refractivity contribution in [3.8, 4) is 0 Å². The van der Waals surface area contributed by atoms with Crippen molar-refractivity contribution in [2.24, 2.45) is 0 Å². The van der Waals surface area contributed by atoms with Crippen LogP contribution in [-0.2, 0) is 9.53 Å². The molecule has 1 atom stereocenters. The number of allylic oxidation sites excluding steroid dienone is 1. The van der Waals surface area contributed by atoms with Crippen molar-refractivity contribution >= 4 is 11.4 Å². The van der Waals surface area contributed by atoms with Crippen LogP contribution in [0.25, 0.3) is 5.57 Å². The lowest BCUT2D eigenvalue weighted by Gasteiger charge is -2.21. The van der Waals surface area contributed by atoms with Gasteiger partial charge in [-0.05, 0) is 36.6 Å². The summed E-state index contributed by atoms with van der Waals surface area (Å²) in [6, 6.07) is 20.1. The Bertz CT molecular complexity index is 700. The van der Waals surface area contributed by atoms with Crippen LogP contribution in [0.4, 0.5) is 0 Å². The van der Waals surface area contributed by atoms with Crippen LogP contribution in [0.1, 0.15) is 25.0 Å². The van der Waals surface area contributed by atoms with Crippen LogP contribution in [0.15, 0.2) is 78.6 Å². The van der Waals surface area contributed by atoms with Gasteiger partial charge in [-0.2, -0.15) is 0 Å². The highest BCUT2D eigenvalue weighted by molar-refractivity contribution is 6.02. The molecule has 0 fully saturated rings. The lowest BCUT2D eigenvalue weighted by atomic mass is 9.91. The molecule has 0 amide bonds. The van der Waals surface area contributed by atoms with E-state index < -0.39 is 5.60 Å². The zero-order valence-corrected chi connectivity index (χ0v) is 12.7. The summed E-state index contributed by atoms with van der Waals surface area (Å²) in [6.07, 6.45) is 3.48. The van der Waals surface area contributed by atoms with Crippen molar-refractivity contribution in [1.82, 2.24) is 0 Å². The first-order valence-electron chi connectivity index (χ1n) is 7.34. The molecule has 3 rings (SSSR count). The van der Waals surface area contributed by atoms with Gasteiger partial charge in [-0.3, -0.25) is 4.79 Å². The lowest BCUT2D eigenvalue weighted by Crippen LogP contribution is -2.30. The molecule has 0 spiro atoms. The number of ether oxygens (including phenoxy) is 1. The predicted molar refractivity (Wildman–Crippen MR) is 88.2 cm³/mol. The van der Waals surface area contributed by atoms with Gasteiger partial charge in [0, 0.05) is 6.08 Å². The molecule has 0 saturated carbocycles. The topological polar surface area (TPSA) is 26.3 Å². The van der Waals surface area contributed by atoms with Gasteiger partial charge in [0.2, 0.25) is 5.78 Å². The molecule has 0 N–H and O–H groups in total. The molecule has 1 aliphatic rings. The Morgan fingerprint density at radius 2 is 1.45 bits per heavy atom. The Kier molecular flexibility index (Phi) is 3.68. The van der Waals surface area contributed by atoms with Crippen molar-refractivity contribution in [2.45, 2.75) is 19.4 Å². The molecule has 2 aromatic carbocycles. The van der Waals surface area contributed by atoms with Gasteiger partial charge in [0.05, 0.1) is 5.76 Å². The van der Waals surface area contributed by atoms with E-state index in [0.717, 1.165) is 16.7 Å². The number of carbonyl (C=O) groups excluding carboxylic acids is 1. The van der Waals surface area contributed by atoms with E-state index >= 15 is 0 Å². The third kappa shape index (κ3) is 2.73. The first-order chi connectivity index (χ1) is 10.6. The molecule has 1 heterocycles. The van der Waals surface area contributed by atoms with E-state index in [-0.39, 0.29) is 5.78 Å². The summed E-state index contributed by atoms with van der Waals surface area (Å²) in [5.74, 6) is 0.638. The van der Waals surface area contributed by atoms with Gasteiger partial charge in [-0.15, -0.1) is 0 Å². The molecule has 0 aromatic heterocycles. The molecule has 1 unspecified atom stereocenters. The Hall–Kier alpha value is -2.61. The average molecular weight is 290 g/mol. The van der Waals surface area contributed by atoms with E-state index in [1.807, 2.05) is 80.6 Å². The van der Waals surface area contributed by atoms with Gasteiger partial charge in [-0.1, -0.05) is 60.7 Å². The second-order valence-corrected chi connectivity index (χ2v) is 5.62.